The normalized spacial score (nSPS) is 14.6. The van der Waals surface area contributed by atoms with Crippen molar-refractivity contribution in [2.45, 2.75) is 4.90 Å². The van der Waals surface area contributed by atoms with Crippen molar-refractivity contribution in [1.82, 2.24) is 4.31 Å². The molecule has 2 aromatic carbocycles. The molecule has 0 saturated carbocycles. The summed E-state index contributed by atoms with van der Waals surface area (Å²) in [6.45, 7) is 0.394. The molecule has 1 N–H and O–H groups in total. The summed E-state index contributed by atoms with van der Waals surface area (Å²) in [5, 5.41) is 2.49. The molecule has 31 heavy (non-hydrogen) atoms. The molecular formula is C20H21FN2O7S. The van der Waals surface area contributed by atoms with Gasteiger partial charge in [0.2, 0.25) is 10.0 Å². The maximum atomic E-state index is 13.0. The average Bonchev–Trinajstić information content (AvgIpc) is 2.78. The lowest BCUT2D eigenvalue weighted by atomic mass is 10.2. The van der Waals surface area contributed by atoms with Crippen LogP contribution in [0.1, 0.15) is 10.4 Å². The number of nitrogens with one attached hydrogen (secondary N) is 1. The highest BCUT2D eigenvalue weighted by molar-refractivity contribution is 7.89. The molecule has 2 aromatic rings. The lowest BCUT2D eigenvalue weighted by Crippen LogP contribution is -2.40. The number of carbonyl (C=O) groups excluding carboxylic acids is 2. The summed E-state index contributed by atoms with van der Waals surface area (Å²) in [6.07, 6.45) is 0. The van der Waals surface area contributed by atoms with Crippen LogP contribution in [0.15, 0.2) is 47.4 Å². The van der Waals surface area contributed by atoms with E-state index >= 15 is 0 Å². The Morgan fingerprint density at radius 1 is 1.13 bits per heavy atom. The fraction of sp³-hybridized carbons (Fsp3) is 0.300. The van der Waals surface area contributed by atoms with E-state index in [1.54, 1.807) is 0 Å². The van der Waals surface area contributed by atoms with Gasteiger partial charge in [-0.25, -0.2) is 17.6 Å². The Morgan fingerprint density at radius 2 is 1.81 bits per heavy atom. The predicted molar refractivity (Wildman–Crippen MR) is 108 cm³/mol. The summed E-state index contributed by atoms with van der Waals surface area (Å²) < 4.78 is 55.4. The molecule has 166 valence electrons. The van der Waals surface area contributed by atoms with Crippen LogP contribution in [0.5, 0.6) is 5.75 Å². The van der Waals surface area contributed by atoms with Crippen molar-refractivity contribution in [3.63, 3.8) is 0 Å². The number of sulfonamides is 1. The van der Waals surface area contributed by atoms with Crippen molar-refractivity contribution in [3.05, 3.63) is 53.8 Å². The molecule has 1 fully saturated rings. The van der Waals surface area contributed by atoms with E-state index in [4.69, 9.17) is 14.2 Å². The fourth-order valence-electron chi connectivity index (χ4n) is 2.88. The fourth-order valence-corrected chi connectivity index (χ4v) is 4.47. The standard InChI is InChI=1S/C20H21FN2O7S/c1-28-17-7-6-16(12-18(17)31(26,27)23-8-10-29-11-9-23)22-19(24)13-30-20(25)14-2-4-15(21)5-3-14/h2-7,12H,8-11,13H2,1H3,(H,22,24). The number of carbonyl (C=O) groups is 2. The van der Waals surface area contributed by atoms with Gasteiger partial charge in [0.25, 0.3) is 5.91 Å². The monoisotopic (exact) mass is 452 g/mol. The lowest BCUT2D eigenvalue weighted by Gasteiger charge is -2.26. The van der Waals surface area contributed by atoms with Crippen LogP contribution in [0, 0.1) is 5.82 Å². The second kappa shape index (κ2) is 9.86. The number of ether oxygens (including phenoxy) is 3. The highest BCUT2D eigenvalue weighted by atomic mass is 32.2. The second-order valence-corrected chi connectivity index (χ2v) is 8.42. The number of methoxy groups -OCH3 is 1. The van der Waals surface area contributed by atoms with Crippen LogP contribution < -0.4 is 10.1 Å². The van der Waals surface area contributed by atoms with Crippen LogP contribution in [-0.2, 0) is 24.3 Å². The van der Waals surface area contributed by atoms with Crippen molar-refractivity contribution in [2.75, 3.05) is 45.3 Å². The van der Waals surface area contributed by atoms with Crippen molar-refractivity contribution in [1.29, 1.82) is 0 Å². The van der Waals surface area contributed by atoms with Gasteiger partial charge in [0, 0.05) is 18.8 Å². The third-order valence-electron chi connectivity index (χ3n) is 4.45. The number of morpholine rings is 1. The van der Waals surface area contributed by atoms with Crippen LogP contribution >= 0.6 is 0 Å². The summed E-state index contributed by atoms with van der Waals surface area (Å²) in [6, 6.07) is 8.85. The van der Waals surface area contributed by atoms with Crippen molar-refractivity contribution in [2.24, 2.45) is 0 Å². The van der Waals surface area contributed by atoms with E-state index < -0.39 is 34.3 Å². The Bertz CT molecular complexity index is 1050. The molecule has 1 aliphatic rings. The Hall–Kier alpha value is -3.02. The van der Waals surface area contributed by atoms with Crippen molar-refractivity contribution in [3.8, 4) is 5.75 Å². The molecule has 0 radical (unpaired) electrons. The van der Waals surface area contributed by atoms with E-state index in [-0.39, 0.29) is 48.2 Å². The number of esters is 1. The molecule has 1 saturated heterocycles. The molecule has 9 nitrogen and oxygen atoms in total. The zero-order valence-corrected chi connectivity index (χ0v) is 17.5. The zero-order valence-electron chi connectivity index (χ0n) is 16.7. The number of rotatable bonds is 7. The first-order valence-electron chi connectivity index (χ1n) is 9.30. The van der Waals surface area contributed by atoms with Crippen LogP contribution in [0.4, 0.5) is 10.1 Å². The second-order valence-electron chi connectivity index (χ2n) is 6.51. The number of anilines is 1. The third kappa shape index (κ3) is 5.57. The van der Waals surface area contributed by atoms with E-state index in [0.29, 0.717) is 0 Å². The van der Waals surface area contributed by atoms with Gasteiger partial charge in [-0.1, -0.05) is 0 Å². The predicted octanol–water partition coefficient (Wildman–Crippen LogP) is 1.65. The summed E-state index contributed by atoms with van der Waals surface area (Å²) in [5.74, 6) is -1.83. The Morgan fingerprint density at radius 3 is 2.45 bits per heavy atom. The third-order valence-corrected chi connectivity index (χ3v) is 6.37. The Balaban J connectivity index is 1.68. The maximum Gasteiger partial charge on any atom is 0.338 e. The number of hydrogen-bond acceptors (Lipinski definition) is 7. The van der Waals surface area contributed by atoms with Gasteiger partial charge in [-0.3, -0.25) is 4.79 Å². The van der Waals surface area contributed by atoms with Gasteiger partial charge < -0.3 is 19.5 Å². The number of benzene rings is 2. The van der Waals surface area contributed by atoms with Crippen molar-refractivity contribution < 1.29 is 36.6 Å². The SMILES string of the molecule is COc1ccc(NC(=O)COC(=O)c2ccc(F)cc2)cc1S(=O)(=O)N1CCOCC1. The number of halogens is 1. The van der Waals surface area contributed by atoms with Gasteiger partial charge in [-0.05, 0) is 42.5 Å². The van der Waals surface area contributed by atoms with Crippen LogP contribution in [-0.4, -0.2) is 64.6 Å². The molecule has 1 aliphatic heterocycles. The maximum absolute atomic E-state index is 13.0. The quantitative estimate of drug-likeness (QED) is 0.636. The minimum Gasteiger partial charge on any atom is -0.495 e. The smallest absolute Gasteiger partial charge is 0.338 e. The minimum atomic E-state index is -3.87. The number of hydrogen-bond donors (Lipinski definition) is 1. The first-order valence-corrected chi connectivity index (χ1v) is 10.7. The first kappa shape index (κ1) is 22.7. The highest BCUT2D eigenvalue weighted by Crippen LogP contribution is 2.30. The van der Waals surface area contributed by atoms with Gasteiger partial charge in [-0.15, -0.1) is 0 Å². The number of nitrogens with zero attached hydrogens (tertiary/aromatic N) is 1. The molecule has 11 heteroatoms. The molecular weight excluding hydrogens is 431 g/mol. The molecule has 0 spiro atoms. The van der Waals surface area contributed by atoms with Crippen molar-refractivity contribution >= 4 is 27.6 Å². The molecule has 1 amide bonds. The zero-order chi connectivity index (χ0) is 22.4. The molecule has 0 aromatic heterocycles. The topological polar surface area (TPSA) is 111 Å². The Kier molecular flexibility index (Phi) is 7.21. The van der Waals surface area contributed by atoms with Crippen LogP contribution in [0.2, 0.25) is 0 Å². The molecule has 0 aliphatic carbocycles. The minimum absolute atomic E-state index is 0.0949. The van der Waals surface area contributed by atoms with Gasteiger partial charge in [0.15, 0.2) is 6.61 Å². The molecule has 3 rings (SSSR count). The van der Waals surface area contributed by atoms with E-state index in [1.807, 2.05) is 0 Å². The van der Waals surface area contributed by atoms with Gasteiger partial charge in [-0.2, -0.15) is 4.31 Å². The summed E-state index contributed by atoms with van der Waals surface area (Å²) >= 11 is 0. The van der Waals surface area contributed by atoms with Gasteiger partial charge >= 0.3 is 5.97 Å². The van der Waals surface area contributed by atoms with E-state index in [0.717, 1.165) is 12.1 Å². The van der Waals surface area contributed by atoms with Crippen LogP contribution in [0.3, 0.4) is 0 Å². The largest absolute Gasteiger partial charge is 0.495 e. The number of amides is 1. The summed E-state index contributed by atoms with van der Waals surface area (Å²) in [5.41, 5.74) is 0.285. The van der Waals surface area contributed by atoms with E-state index in [1.165, 1.54) is 41.7 Å². The van der Waals surface area contributed by atoms with Gasteiger partial charge in [0.1, 0.15) is 16.5 Å². The Labute approximate surface area is 178 Å². The van der Waals surface area contributed by atoms with Crippen LogP contribution in [0.25, 0.3) is 0 Å². The molecule has 0 unspecified atom stereocenters. The molecule has 0 atom stereocenters. The molecule has 0 bridgehead atoms. The molecule has 1 heterocycles. The lowest BCUT2D eigenvalue weighted by molar-refractivity contribution is -0.119. The summed E-state index contributed by atoms with van der Waals surface area (Å²) in [7, 11) is -2.52. The van der Waals surface area contributed by atoms with Gasteiger partial charge in [0.05, 0.1) is 25.9 Å². The highest BCUT2D eigenvalue weighted by Gasteiger charge is 2.29. The average molecular weight is 452 g/mol. The van der Waals surface area contributed by atoms with E-state index in [2.05, 4.69) is 5.32 Å². The summed E-state index contributed by atoms with van der Waals surface area (Å²) in [4.78, 5) is 24.0. The van der Waals surface area contributed by atoms with E-state index in [9.17, 15) is 22.4 Å². The first-order chi connectivity index (χ1) is 14.8.